The van der Waals surface area contributed by atoms with E-state index in [0.29, 0.717) is 18.5 Å². The highest BCUT2D eigenvalue weighted by Gasteiger charge is 2.24. The van der Waals surface area contributed by atoms with Gasteiger partial charge in [-0.2, -0.15) is 0 Å². The third-order valence-corrected chi connectivity index (χ3v) is 4.16. The molecule has 0 heterocycles. The second kappa shape index (κ2) is 12.6. The summed E-state index contributed by atoms with van der Waals surface area (Å²) in [6.07, 6.45) is -0.303. The topological polar surface area (TPSA) is 232 Å². The molecule has 0 aliphatic rings. The van der Waals surface area contributed by atoms with Gasteiger partial charge in [-0.25, -0.2) is 14.4 Å². The third-order valence-electron chi connectivity index (χ3n) is 4.16. The number of guanidine groups is 1. The zero-order valence-electron chi connectivity index (χ0n) is 17.3. The van der Waals surface area contributed by atoms with E-state index in [2.05, 4.69) is 4.99 Å². The van der Waals surface area contributed by atoms with Gasteiger partial charge in [0, 0.05) is 6.54 Å². The maximum Gasteiger partial charge on any atom is 0.330 e. The molecule has 0 spiro atoms. The van der Waals surface area contributed by atoms with Crippen molar-refractivity contribution < 1.29 is 29.0 Å². The summed E-state index contributed by atoms with van der Waals surface area (Å²) in [4.78, 5) is 39.4. The Kier molecular flexibility index (Phi) is 10.6. The predicted octanol–water partition coefficient (Wildman–Crippen LogP) is -2.38. The predicted molar refractivity (Wildman–Crippen MR) is 112 cm³/mol. The molecule has 1 aromatic rings. The van der Waals surface area contributed by atoms with Gasteiger partial charge in [0.25, 0.3) is 0 Å². The summed E-state index contributed by atoms with van der Waals surface area (Å²) in [5, 5.41) is 9.31. The van der Waals surface area contributed by atoms with Gasteiger partial charge in [-0.05, 0) is 43.9 Å². The number of benzene rings is 1. The van der Waals surface area contributed by atoms with E-state index in [9.17, 15) is 19.5 Å². The van der Waals surface area contributed by atoms with Gasteiger partial charge >= 0.3 is 17.9 Å². The fraction of sp³-hybridized carbons (Fsp3) is 0.474. The van der Waals surface area contributed by atoms with Gasteiger partial charge < -0.3 is 43.2 Å². The second-order valence-electron chi connectivity index (χ2n) is 6.94. The molecule has 12 heteroatoms. The van der Waals surface area contributed by atoms with Gasteiger partial charge in [0.15, 0.2) is 5.96 Å². The number of carbonyl (C=O) groups is 3. The molecule has 0 aromatic heterocycles. The highest BCUT2D eigenvalue weighted by Crippen LogP contribution is 2.14. The summed E-state index contributed by atoms with van der Waals surface area (Å²) in [6, 6.07) is 2.86. The van der Waals surface area contributed by atoms with Crippen molar-refractivity contribution in [3.05, 3.63) is 29.8 Å². The summed E-state index contributed by atoms with van der Waals surface area (Å²) in [5.41, 5.74) is 28.0. The number of nitrogens with zero attached hydrogens (tertiary/aromatic N) is 1. The monoisotopic (exact) mass is 438 g/mol. The maximum atomic E-state index is 12.0. The summed E-state index contributed by atoms with van der Waals surface area (Å²) < 4.78 is 9.78. The summed E-state index contributed by atoms with van der Waals surface area (Å²) in [7, 11) is 0. The van der Waals surface area contributed by atoms with Crippen LogP contribution >= 0.6 is 0 Å². The van der Waals surface area contributed by atoms with E-state index in [1.807, 2.05) is 0 Å². The first-order chi connectivity index (χ1) is 14.5. The van der Waals surface area contributed by atoms with Gasteiger partial charge in [0.05, 0.1) is 6.10 Å². The van der Waals surface area contributed by atoms with E-state index < -0.39 is 42.1 Å². The van der Waals surface area contributed by atoms with Crippen LogP contribution in [0.25, 0.3) is 0 Å². The van der Waals surface area contributed by atoms with Crippen LogP contribution in [-0.4, -0.2) is 59.7 Å². The number of aliphatic imine (C=N–C) groups is 1. The van der Waals surface area contributed by atoms with Crippen LogP contribution in [0.5, 0.6) is 5.75 Å². The van der Waals surface area contributed by atoms with Gasteiger partial charge in [-0.15, -0.1) is 0 Å². The molecule has 0 saturated carbocycles. The smallest absolute Gasteiger partial charge is 0.330 e. The molecule has 0 radical (unpaired) electrons. The number of carbonyl (C=O) groups excluding carboxylic acids is 3. The standard InChI is InChI=1S/C19H30N6O6/c1-10(26)15(22)18(29)30-12-6-4-11(5-7-12)9-14(21)17(28)31-16(27)13(20)3-2-8-25-19(23)24/h4-7,10,13-15,26H,2-3,8-9,20-22H2,1H3,(H4,23,24,25)/t10-,13+,14+,15+/m1/s1. The lowest BCUT2D eigenvalue weighted by atomic mass is 10.1. The first kappa shape index (κ1) is 26.0. The van der Waals surface area contributed by atoms with Crippen LogP contribution in [0.1, 0.15) is 25.3 Å². The molecule has 1 rings (SSSR count). The quantitative estimate of drug-likeness (QED) is 0.0533. The van der Waals surface area contributed by atoms with E-state index in [1.165, 1.54) is 19.1 Å². The number of aliphatic hydroxyl groups is 1. The number of nitrogens with two attached hydrogens (primary N) is 5. The summed E-state index contributed by atoms with van der Waals surface area (Å²) >= 11 is 0. The molecule has 31 heavy (non-hydrogen) atoms. The van der Waals surface area contributed by atoms with Gasteiger partial charge in [-0.1, -0.05) is 12.1 Å². The van der Waals surface area contributed by atoms with Gasteiger partial charge in [0.1, 0.15) is 23.9 Å². The molecule has 11 N–H and O–H groups in total. The van der Waals surface area contributed by atoms with Crippen LogP contribution in [0.4, 0.5) is 0 Å². The molecule has 1 aromatic carbocycles. The minimum Gasteiger partial charge on any atom is -0.425 e. The lowest BCUT2D eigenvalue weighted by Crippen LogP contribution is -2.42. The van der Waals surface area contributed by atoms with Gasteiger partial charge in [0.2, 0.25) is 0 Å². The molecule has 0 aliphatic heterocycles. The Bertz CT molecular complexity index is 779. The zero-order chi connectivity index (χ0) is 23.6. The fourth-order valence-electron chi connectivity index (χ4n) is 2.30. The highest BCUT2D eigenvalue weighted by atomic mass is 16.6. The minimum atomic E-state index is -1.17. The molecule has 0 saturated heterocycles. The van der Waals surface area contributed by atoms with E-state index in [4.69, 9.17) is 38.1 Å². The Labute approximate surface area is 179 Å². The number of aliphatic hydroxyl groups excluding tert-OH is 1. The number of hydrogen-bond acceptors (Lipinski definition) is 10. The molecule has 0 amide bonds. The number of esters is 3. The van der Waals surface area contributed by atoms with Crippen molar-refractivity contribution >= 4 is 23.9 Å². The highest BCUT2D eigenvalue weighted by molar-refractivity contribution is 5.90. The van der Waals surface area contributed by atoms with Crippen LogP contribution in [-0.2, 0) is 25.5 Å². The zero-order valence-corrected chi connectivity index (χ0v) is 17.3. The van der Waals surface area contributed by atoms with Crippen molar-refractivity contribution in [2.24, 2.45) is 33.7 Å². The van der Waals surface area contributed by atoms with Gasteiger partial charge in [-0.3, -0.25) is 4.99 Å². The Morgan fingerprint density at radius 3 is 2.13 bits per heavy atom. The molecule has 0 fully saturated rings. The van der Waals surface area contributed by atoms with Crippen LogP contribution in [0.2, 0.25) is 0 Å². The first-order valence-electron chi connectivity index (χ1n) is 9.57. The largest absolute Gasteiger partial charge is 0.425 e. The lowest BCUT2D eigenvalue weighted by Gasteiger charge is -2.15. The molecule has 12 nitrogen and oxygen atoms in total. The van der Waals surface area contributed by atoms with Crippen LogP contribution in [0.15, 0.2) is 29.3 Å². The summed E-state index contributed by atoms with van der Waals surface area (Å²) in [6.45, 7) is 1.67. The molecule has 0 bridgehead atoms. The second-order valence-corrected chi connectivity index (χ2v) is 6.94. The molecule has 0 aliphatic carbocycles. The van der Waals surface area contributed by atoms with Crippen molar-refractivity contribution in [1.29, 1.82) is 0 Å². The average molecular weight is 438 g/mol. The number of ether oxygens (including phenoxy) is 2. The summed E-state index contributed by atoms with van der Waals surface area (Å²) in [5.74, 6) is -2.43. The first-order valence-corrected chi connectivity index (χ1v) is 9.57. The lowest BCUT2D eigenvalue weighted by molar-refractivity contribution is -0.161. The van der Waals surface area contributed by atoms with E-state index in [1.54, 1.807) is 12.1 Å². The van der Waals surface area contributed by atoms with Crippen molar-refractivity contribution in [2.45, 2.75) is 50.4 Å². The Balaban J connectivity index is 2.50. The normalized spacial score (nSPS) is 14.6. The van der Waals surface area contributed by atoms with E-state index in [-0.39, 0.29) is 24.6 Å². The molecular weight excluding hydrogens is 408 g/mol. The molecule has 172 valence electrons. The average Bonchev–Trinajstić information content (AvgIpc) is 2.71. The Morgan fingerprint density at radius 2 is 1.58 bits per heavy atom. The van der Waals surface area contributed by atoms with Crippen molar-refractivity contribution in [1.82, 2.24) is 0 Å². The van der Waals surface area contributed by atoms with Crippen molar-refractivity contribution in [3.8, 4) is 5.75 Å². The number of rotatable bonds is 11. The molecule has 4 atom stereocenters. The fourth-order valence-corrected chi connectivity index (χ4v) is 2.30. The SMILES string of the molecule is C[C@@H](O)[C@H](N)C(=O)Oc1ccc(C[C@H](N)C(=O)OC(=O)[C@@H](N)CCCN=C(N)N)cc1. The minimum absolute atomic E-state index is 0.0631. The van der Waals surface area contributed by atoms with E-state index >= 15 is 0 Å². The molecule has 0 unspecified atom stereocenters. The van der Waals surface area contributed by atoms with E-state index in [0.717, 1.165) is 0 Å². The number of hydrogen-bond donors (Lipinski definition) is 6. The van der Waals surface area contributed by atoms with Crippen LogP contribution in [0.3, 0.4) is 0 Å². The Morgan fingerprint density at radius 1 is 1.00 bits per heavy atom. The van der Waals surface area contributed by atoms with Crippen molar-refractivity contribution in [3.63, 3.8) is 0 Å². The third kappa shape index (κ3) is 9.53. The van der Waals surface area contributed by atoms with Crippen LogP contribution < -0.4 is 33.4 Å². The van der Waals surface area contributed by atoms with Crippen LogP contribution in [0, 0.1) is 0 Å². The maximum absolute atomic E-state index is 12.0. The van der Waals surface area contributed by atoms with Crippen molar-refractivity contribution in [2.75, 3.05) is 6.54 Å². The Hall–Kier alpha value is -3.06. The molecular formula is C19H30N6O6.